The number of nitrogens with one attached hydrogen (secondary N) is 1. The molecule has 0 bridgehead atoms. The van der Waals surface area contributed by atoms with Crippen molar-refractivity contribution in [3.05, 3.63) is 59.7 Å². The van der Waals surface area contributed by atoms with E-state index in [0.29, 0.717) is 12.2 Å². The molecule has 2 aromatic rings. The molecule has 146 valence electrons. The fraction of sp³-hybridized carbons (Fsp3) is 0.350. The molecule has 1 amide bonds. The molecule has 27 heavy (non-hydrogen) atoms. The van der Waals surface area contributed by atoms with Crippen LogP contribution in [-0.4, -0.2) is 41.2 Å². The molecule has 0 heterocycles. The monoisotopic (exact) mass is 389 g/mol. The minimum atomic E-state index is -3.48. The van der Waals surface area contributed by atoms with Gasteiger partial charge >= 0.3 is 0 Å². The standard InChI is InChI=1S/C20H27N3O3S/c1-16-7-5-6-8-17(16)15-21-20(24)13-14-23(27(4,25)26)19-11-9-18(10-12-19)22(2)3/h5-12H,13-15H2,1-4H3,(H,21,24). The van der Waals surface area contributed by atoms with Crippen molar-refractivity contribution in [1.29, 1.82) is 0 Å². The van der Waals surface area contributed by atoms with Crippen LogP contribution in [0.4, 0.5) is 11.4 Å². The maximum Gasteiger partial charge on any atom is 0.232 e. The third-order valence-electron chi connectivity index (χ3n) is 4.33. The van der Waals surface area contributed by atoms with Crippen LogP contribution in [0.15, 0.2) is 48.5 Å². The summed E-state index contributed by atoms with van der Waals surface area (Å²) in [4.78, 5) is 14.1. The molecular formula is C20H27N3O3S. The smallest absolute Gasteiger partial charge is 0.232 e. The summed E-state index contributed by atoms with van der Waals surface area (Å²) in [5, 5.41) is 2.86. The largest absolute Gasteiger partial charge is 0.378 e. The second kappa shape index (κ2) is 8.90. The van der Waals surface area contributed by atoms with Gasteiger partial charge in [-0.05, 0) is 42.3 Å². The van der Waals surface area contributed by atoms with Gasteiger partial charge in [0.25, 0.3) is 0 Å². The van der Waals surface area contributed by atoms with Gasteiger partial charge in [0.2, 0.25) is 15.9 Å². The summed E-state index contributed by atoms with van der Waals surface area (Å²) in [6, 6.07) is 15.0. The SMILES string of the molecule is Cc1ccccc1CNC(=O)CCN(c1ccc(N(C)C)cc1)S(C)(=O)=O. The zero-order valence-electron chi connectivity index (χ0n) is 16.3. The van der Waals surface area contributed by atoms with Crippen molar-refractivity contribution >= 4 is 27.3 Å². The highest BCUT2D eigenvalue weighted by atomic mass is 32.2. The Kier molecular flexibility index (Phi) is 6.85. The van der Waals surface area contributed by atoms with Gasteiger partial charge in [-0.2, -0.15) is 0 Å². The van der Waals surface area contributed by atoms with Crippen molar-refractivity contribution in [2.45, 2.75) is 19.9 Å². The van der Waals surface area contributed by atoms with Crippen LogP contribution in [-0.2, 0) is 21.4 Å². The first kappa shape index (κ1) is 20.8. The molecule has 7 heteroatoms. The first-order valence-corrected chi connectivity index (χ1v) is 10.6. The van der Waals surface area contributed by atoms with Gasteiger partial charge in [0.05, 0.1) is 11.9 Å². The zero-order valence-corrected chi connectivity index (χ0v) is 17.1. The number of carbonyl (C=O) groups is 1. The van der Waals surface area contributed by atoms with Crippen molar-refractivity contribution in [2.75, 3.05) is 36.1 Å². The number of anilines is 2. The predicted molar refractivity (Wildman–Crippen MR) is 111 cm³/mol. The van der Waals surface area contributed by atoms with Gasteiger partial charge < -0.3 is 10.2 Å². The van der Waals surface area contributed by atoms with Crippen molar-refractivity contribution in [2.24, 2.45) is 0 Å². The lowest BCUT2D eigenvalue weighted by molar-refractivity contribution is -0.121. The van der Waals surface area contributed by atoms with E-state index in [9.17, 15) is 13.2 Å². The molecule has 0 aliphatic carbocycles. The summed E-state index contributed by atoms with van der Waals surface area (Å²) < 4.78 is 25.6. The van der Waals surface area contributed by atoms with E-state index >= 15 is 0 Å². The molecule has 0 atom stereocenters. The average Bonchev–Trinajstić information content (AvgIpc) is 2.60. The van der Waals surface area contributed by atoms with Gasteiger partial charge in [-0.1, -0.05) is 24.3 Å². The Bertz CT molecular complexity index is 878. The van der Waals surface area contributed by atoms with E-state index in [-0.39, 0.29) is 18.9 Å². The van der Waals surface area contributed by atoms with Gasteiger partial charge in [0, 0.05) is 39.3 Å². The average molecular weight is 390 g/mol. The highest BCUT2D eigenvalue weighted by Gasteiger charge is 2.18. The minimum absolute atomic E-state index is 0.0916. The summed E-state index contributed by atoms with van der Waals surface area (Å²) in [5.41, 5.74) is 3.68. The van der Waals surface area contributed by atoms with Crippen molar-refractivity contribution in [3.63, 3.8) is 0 Å². The molecule has 0 fully saturated rings. The quantitative estimate of drug-likeness (QED) is 0.753. The number of hydrogen-bond donors (Lipinski definition) is 1. The Labute approximate surface area is 161 Å². The number of nitrogens with zero attached hydrogens (tertiary/aromatic N) is 2. The van der Waals surface area contributed by atoms with Crippen LogP contribution in [0.25, 0.3) is 0 Å². The molecule has 0 aliphatic heterocycles. The molecule has 2 aromatic carbocycles. The molecule has 0 spiro atoms. The van der Waals surface area contributed by atoms with Crippen molar-refractivity contribution < 1.29 is 13.2 Å². The summed E-state index contributed by atoms with van der Waals surface area (Å²) in [6.07, 6.45) is 1.24. The third-order valence-corrected chi connectivity index (χ3v) is 5.53. The highest BCUT2D eigenvalue weighted by molar-refractivity contribution is 7.92. The summed E-state index contributed by atoms with van der Waals surface area (Å²) in [5.74, 6) is -0.184. The Morgan fingerprint density at radius 2 is 1.59 bits per heavy atom. The first-order valence-electron chi connectivity index (χ1n) is 8.75. The maximum absolute atomic E-state index is 12.2. The van der Waals surface area contributed by atoms with Crippen LogP contribution in [0.2, 0.25) is 0 Å². The number of hydrogen-bond acceptors (Lipinski definition) is 4. The van der Waals surface area contributed by atoms with E-state index in [0.717, 1.165) is 23.1 Å². The van der Waals surface area contributed by atoms with E-state index < -0.39 is 10.0 Å². The van der Waals surface area contributed by atoms with Gasteiger partial charge in [0.15, 0.2) is 0 Å². The fourth-order valence-electron chi connectivity index (χ4n) is 2.70. The summed E-state index contributed by atoms with van der Waals surface area (Å²) in [6.45, 7) is 2.52. The Morgan fingerprint density at radius 1 is 1.00 bits per heavy atom. The molecule has 0 aliphatic rings. The van der Waals surface area contributed by atoms with Crippen LogP contribution in [0.3, 0.4) is 0 Å². The molecular weight excluding hydrogens is 362 g/mol. The molecule has 6 nitrogen and oxygen atoms in total. The lowest BCUT2D eigenvalue weighted by atomic mass is 10.1. The van der Waals surface area contributed by atoms with E-state index in [1.54, 1.807) is 12.1 Å². The fourth-order valence-corrected chi connectivity index (χ4v) is 3.62. The van der Waals surface area contributed by atoms with Gasteiger partial charge in [-0.15, -0.1) is 0 Å². The molecule has 2 rings (SSSR count). The molecule has 0 aromatic heterocycles. The second-order valence-corrected chi connectivity index (χ2v) is 8.61. The minimum Gasteiger partial charge on any atom is -0.378 e. The van der Waals surface area contributed by atoms with E-state index in [1.165, 1.54) is 4.31 Å². The first-order chi connectivity index (χ1) is 12.7. The van der Waals surface area contributed by atoms with E-state index in [1.807, 2.05) is 62.3 Å². The Hall–Kier alpha value is -2.54. The van der Waals surface area contributed by atoms with Crippen LogP contribution >= 0.6 is 0 Å². The van der Waals surface area contributed by atoms with Crippen LogP contribution in [0, 0.1) is 6.92 Å². The maximum atomic E-state index is 12.2. The number of aryl methyl sites for hydroxylation is 1. The molecule has 0 radical (unpaired) electrons. The third kappa shape index (κ3) is 5.99. The number of benzene rings is 2. The summed E-state index contributed by atoms with van der Waals surface area (Å²) in [7, 11) is 0.357. The van der Waals surface area contributed by atoms with Gasteiger partial charge in [-0.25, -0.2) is 8.42 Å². The highest BCUT2D eigenvalue weighted by Crippen LogP contribution is 2.21. The molecule has 0 saturated heterocycles. The lowest BCUT2D eigenvalue weighted by Crippen LogP contribution is -2.34. The number of rotatable bonds is 8. The predicted octanol–water partition coefficient (Wildman–Crippen LogP) is 2.53. The molecule has 1 N–H and O–H groups in total. The topological polar surface area (TPSA) is 69.7 Å². The number of carbonyl (C=O) groups excluding carboxylic acids is 1. The lowest BCUT2D eigenvalue weighted by Gasteiger charge is -2.23. The van der Waals surface area contributed by atoms with E-state index in [2.05, 4.69) is 5.32 Å². The number of sulfonamides is 1. The second-order valence-electron chi connectivity index (χ2n) is 6.70. The Balaban J connectivity index is 2.00. The van der Waals surface area contributed by atoms with E-state index in [4.69, 9.17) is 0 Å². The molecule has 0 saturated carbocycles. The zero-order chi connectivity index (χ0) is 20.0. The summed E-state index contributed by atoms with van der Waals surface area (Å²) >= 11 is 0. The van der Waals surface area contributed by atoms with Crippen LogP contribution in [0.1, 0.15) is 17.5 Å². The van der Waals surface area contributed by atoms with Crippen LogP contribution < -0.4 is 14.5 Å². The molecule has 0 unspecified atom stereocenters. The number of amides is 1. The normalized spacial score (nSPS) is 11.1. The van der Waals surface area contributed by atoms with Crippen molar-refractivity contribution in [3.8, 4) is 0 Å². The Morgan fingerprint density at radius 3 is 2.15 bits per heavy atom. The van der Waals surface area contributed by atoms with Crippen molar-refractivity contribution in [1.82, 2.24) is 5.32 Å². The van der Waals surface area contributed by atoms with Crippen LogP contribution in [0.5, 0.6) is 0 Å². The van der Waals surface area contributed by atoms with Gasteiger partial charge in [0.1, 0.15) is 0 Å². The van der Waals surface area contributed by atoms with Gasteiger partial charge in [-0.3, -0.25) is 9.10 Å².